The van der Waals surface area contributed by atoms with Gasteiger partial charge in [0, 0.05) is 17.3 Å². The van der Waals surface area contributed by atoms with Crippen molar-refractivity contribution in [1.29, 1.82) is 0 Å². The fourth-order valence-electron chi connectivity index (χ4n) is 2.82. The predicted molar refractivity (Wildman–Crippen MR) is 117 cm³/mol. The monoisotopic (exact) mass is 448 g/mol. The Bertz CT molecular complexity index is 1030. The summed E-state index contributed by atoms with van der Waals surface area (Å²) in [6, 6.07) is 11.2. The van der Waals surface area contributed by atoms with E-state index in [0.717, 1.165) is 5.56 Å². The van der Waals surface area contributed by atoms with Gasteiger partial charge in [-0.1, -0.05) is 29.4 Å². The van der Waals surface area contributed by atoms with Crippen LogP contribution in [0.15, 0.2) is 47.6 Å². The molecule has 0 spiro atoms. The number of hydrogen-bond acceptors (Lipinski definition) is 5. The quantitative estimate of drug-likeness (QED) is 0.475. The highest BCUT2D eigenvalue weighted by molar-refractivity contribution is 7.99. The van der Waals surface area contributed by atoms with E-state index in [1.807, 2.05) is 31.4 Å². The van der Waals surface area contributed by atoms with Gasteiger partial charge in [-0.3, -0.25) is 4.79 Å². The minimum atomic E-state index is -0.389. The average molecular weight is 449 g/mol. The molecule has 1 aromatic heterocycles. The average Bonchev–Trinajstić information content (AvgIpc) is 3.14. The van der Waals surface area contributed by atoms with Gasteiger partial charge in [-0.25, -0.2) is 4.39 Å². The molecule has 0 fully saturated rings. The Morgan fingerprint density at radius 2 is 2.00 bits per heavy atom. The van der Waals surface area contributed by atoms with E-state index in [0.29, 0.717) is 34.0 Å². The molecule has 0 aliphatic rings. The van der Waals surface area contributed by atoms with Crippen LogP contribution in [-0.4, -0.2) is 26.4 Å². The first-order valence-electron chi connectivity index (χ1n) is 9.41. The van der Waals surface area contributed by atoms with Crippen LogP contribution in [0.4, 0.5) is 10.1 Å². The molecule has 3 aromatic rings. The lowest BCUT2D eigenvalue weighted by Gasteiger charge is -2.15. The Kier molecular flexibility index (Phi) is 7.33. The first-order chi connectivity index (χ1) is 14.4. The number of hydrogen-bond donors (Lipinski definition) is 1. The third-order valence-electron chi connectivity index (χ3n) is 4.36. The van der Waals surface area contributed by atoms with Crippen LogP contribution in [0.2, 0.25) is 5.02 Å². The van der Waals surface area contributed by atoms with Crippen LogP contribution in [0, 0.1) is 12.7 Å². The third kappa shape index (κ3) is 5.52. The Morgan fingerprint density at radius 3 is 2.70 bits per heavy atom. The first-order valence-corrected chi connectivity index (χ1v) is 10.8. The van der Waals surface area contributed by atoms with Gasteiger partial charge in [-0.2, -0.15) is 0 Å². The summed E-state index contributed by atoms with van der Waals surface area (Å²) in [7, 11) is 0. The molecule has 0 aliphatic heterocycles. The van der Waals surface area contributed by atoms with Crippen molar-refractivity contribution in [3.8, 4) is 5.75 Å². The molecular formula is C21H22ClFN4O2S. The number of carbonyl (C=O) groups excluding carboxylic acids is 1. The fraction of sp³-hybridized carbons (Fsp3) is 0.286. The number of aromatic nitrogens is 3. The minimum Gasteiger partial charge on any atom is -0.483 e. The highest BCUT2D eigenvalue weighted by atomic mass is 35.5. The Balaban J connectivity index is 1.64. The van der Waals surface area contributed by atoms with Crippen molar-refractivity contribution in [2.75, 3.05) is 11.1 Å². The molecule has 0 radical (unpaired) electrons. The van der Waals surface area contributed by atoms with Crippen LogP contribution in [0.25, 0.3) is 0 Å². The lowest BCUT2D eigenvalue weighted by Crippen LogP contribution is -2.16. The molecular weight excluding hydrogens is 427 g/mol. The second kappa shape index (κ2) is 9.95. The standard InChI is InChI=1S/C21H22ClFN4O2S/c1-4-27-20(14(3)29-17-9-7-16(23)8-10-17)25-26-21(27)30-12-19(28)24-18-11-15(22)6-5-13(18)2/h5-11,14H,4,12H2,1-3H3,(H,24,28). The molecule has 3 rings (SSSR count). The van der Waals surface area contributed by atoms with E-state index in [1.54, 1.807) is 24.3 Å². The number of benzene rings is 2. The number of ether oxygens (including phenoxy) is 1. The predicted octanol–water partition coefficient (Wildman–Crippen LogP) is 5.27. The number of thioether (sulfide) groups is 1. The molecule has 9 heteroatoms. The lowest BCUT2D eigenvalue weighted by atomic mass is 10.2. The molecule has 1 atom stereocenters. The zero-order chi connectivity index (χ0) is 21.7. The summed E-state index contributed by atoms with van der Waals surface area (Å²) >= 11 is 7.30. The van der Waals surface area contributed by atoms with Crippen molar-refractivity contribution < 1.29 is 13.9 Å². The van der Waals surface area contributed by atoms with Gasteiger partial charge in [-0.15, -0.1) is 10.2 Å². The van der Waals surface area contributed by atoms with Crippen LogP contribution in [0.1, 0.15) is 31.3 Å². The van der Waals surface area contributed by atoms with Gasteiger partial charge in [0.2, 0.25) is 5.91 Å². The van der Waals surface area contributed by atoms with Gasteiger partial charge in [0.05, 0.1) is 5.75 Å². The van der Waals surface area contributed by atoms with E-state index in [4.69, 9.17) is 16.3 Å². The molecule has 0 bridgehead atoms. The zero-order valence-electron chi connectivity index (χ0n) is 16.9. The Hall–Kier alpha value is -2.58. The number of nitrogens with zero attached hydrogens (tertiary/aromatic N) is 3. The number of anilines is 1. The second-order valence-electron chi connectivity index (χ2n) is 6.60. The molecule has 0 aliphatic carbocycles. The normalized spacial score (nSPS) is 11.9. The van der Waals surface area contributed by atoms with Crippen LogP contribution in [0.3, 0.4) is 0 Å². The molecule has 6 nitrogen and oxygen atoms in total. The number of amides is 1. The van der Waals surface area contributed by atoms with Crippen molar-refractivity contribution in [2.24, 2.45) is 0 Å². The van der Waals surface area contributed by atoms with Gasteiger partial charge >= 0.3 is 0 Å². The zero-order valence-corrected chi connectivity index (χ0v) is 18.4. The van der Waals surface area contributed by atoms with Gasteiger partial charge in [0.25, 0.3) is 0 Å². The second-order valence-corrected chi connectivity index (χ2v) is 7.97. The maximum Gasteiger partial charge on any atom is 0.234 e. The molecule has 0 saturated heterocycles. The smallest absolute Gasteiger partial charge is 0.234 e. The largest absolute Gasteiger partial charge is 0.483 e. The summed E-state index contributed by atoms with van der Waals surface area (Å²) < 4.78 is 20.8. The molecule has 2 aromatic carbocycles. The minimum absolute atomic E-state index is 0.159. The van der Waals surface area contributed by atoms with Crippen molar-refractivity contribution in [1.82, 2.24) is 14.8 Å². The molecule has 0 saturated carbocycles. The highest BCUT2D eigenvalue weighted by Crippen LogP contribution is 2.25. The van der Waals surface area contributed by atoms with Crippen molar-refractivity contribution in [3.05, 3.63) is 64.7 Å². The van der Waals surface area contributed by atoms with Crippen LogP contribution in [0.5, 0.6) is 5.75 Å². The number of carbonyl (C=O) groups is 1. The lowest BCUT2D eigenvalue weighted by molar-refractivity contribution is -0.113. The summed E-state index contributed by atoms with van der Waals surface area (Å²) in [6.45, 7) is 6.35. The maximum absolute atomic E-state index is 13.1. The van der Waals surface area contributed by atoms with Crippen LogP contribution in [-0.2, 0) is 11.3 Å². The van der Waals surface area contributed by atoms with E-state index in [9.17, 15) is 9.18 Å². The summed E-state index contributed by atoms with van der Waals surface area (Å²) in [4.78, 5) is 12.4. The molecule has 30 heavy (non-hydrogen) atoms. The molecule has 158 valence electrons. The van der Waals surface area contributed by atoms with E-state index < -0.39 is 0 Å². The molecule has 1 unspecified atom stereocenters. The summed E-state index contributed by atoms with van der Waals surface area (Å²) in [5, 5.41) is 12.5. The fourth-order valence-corrected chi connectivity index (χ4v) is 3.80. The van der Waals surface area contributed by atoms with Crippen LogP contribution >= 0.6 is 23.4 Å². The van der Waals surface area contributed by atoms with E-state index in [-0.39, 0.29) is 23.6 Å². The van der Waals surface area contributed by atoms with Crippen LogP contribution < -0.4 is 10.1 Å². The summed E-state index contributed by atoms with van der Waals surface area (Å²) in [5.41, 5.74) is 1.62. The van der Waals surface area contributed by atoms with E-state index >= 15 is 0 Å². The molecule has 1 heterocycles. The maximum atomic E-state index is 13.1. The third-order valence-corrected chi connectivity index (χ3v) is 5.56. The SMILES string of the molecule is CCn1c(SCC(=O)Nc2cc(Cl)ccc2C)nnc1C(C)Oc1ccc(F)cc1. The van der Waals surface area contributed by atoms with E-state index in [2.05, 4.69) is 15.5 Å². The molecule has 1 N–H and O–H groups in total. The van der Waals surface area contributed by atoms with Crippen molar-refractivity contribution in [2.45, 2.75) is 38.6 Å². The number of nitrogens with one attached hydrogen (secondary N) is 1. The van der Waals surface area contributed by atoms with Gasteiger partial charge in [0.15, 0.2) is 17.1 Å². The van der Waals surface area contributed by atoms with Gasteiger partial charge < -0.3 is 14.6 Å². The summed E-state index contributed by atoms with van der Waals surface area (Å²) in [6.07, 6.45) is -0.389. The number of halogens is 2. The first kappa shape index (κ1) is 22.1. The highest BCUT2D eigenvalue weighted by Gasteiger charge is 2.19. The number of aryl methyl sites for hydroxylation is 1. The van der Waals surface area contributed by atoms with Gasteiger partial charge in [0.1, 0.15) is 11.6 Å². The summed E-state index contributed by atoms with van der Waals surface area (Å²) in [5.74, 6) is 0.873. The van der Waals surface area contributed by atoms with Crippen molar-refractivity contribution >= 4 is 35.0 Å². The van der Waals surface area contributed by atoms with Crippen molar-refractivity contribution in [3.63, 3.8) is 0 Å². The Morgan fingerprint density at radius 1 is 1.27 bits per heavy atom. The van der Waals surface area contributed by atoms with E-state index in [1.165, 1.54) is 23.9 Å². The van der Waals surface area contributed by atoms with Gasteiger partial charge in [-0.05, 0) is 62.7 Å². The molecule has 1 amide bonds. The topological polar surface area (TPSA) is 69.0 Å². The number of rotatable bonds is 8. The Labute approximate surface area is 183 Å².